The summed E-state index contributed by atoms with van der Waals surface area (Å²) in [5.41, 5.74) is 0.896. The lowest BCUT2D eigenvalue weighted by molar-refractivity contribution is 0.626. The highest BCUT2D eigenvalue weighted by atomic mass is 35.5. The molecule has 3 heteroatoms. The Labute approximate surface area is 81.8 Å². The molecule has 0 aliphatic carbocycles. The van der Waals surface area contributed by atoms with Crippen molar-refractivity contribution in [3.8, 4) is 6.07 Å². The molecule has 1 aromatic rings. The lowest BCUT2D eigenvalue weighted by atomic mass is 9.99. The van der Waals surface area contributed by atoms with E-state index in [-0.39, 0.29) is 10.9 Å². The highest BCUT2D eigenvalue weighted by molar-refractivity contribution is 6.30. The Morgan fingerprint density at radius 2 is 2.31 bits per heavy atom. The van der Waals surface area contributed by atoms with Crippen molar-refractivity contribution in [3.05, 3.63) is 34.6 Å². The average molecular weight is 198 g/mol. The second kappa shape index (κ2) is 4.25. The molecule has 1 atom stereocenters. The summed E-state index contributed by atoms with van der Waals surface area (Å²) in [4.78, 5) is 0. The first-order valence-corrected chi connectivity index (χ1v) is 4.35. The number of halogens is 2. The van der Waals surface area contributed by atoms with E-state index in [1.807, 2.05) is 6.92 Å². The molecule has 0 aliphatic rings. The van der Waals surface area contributed by atoms with E-state index in [0.29, 0.717) is 6.42 Å². The molecule has 1 aromatic carbocycles. The molecule has 1 unspecified atom stereocenters. The predicted octanol–water partition coefficient (Wildman–Crippen LogP) is 3.50. The van der Waals surface area contributed by atoms with Gasteiger partial charge < -0.3 is 0 Å². The van der Waals surface area contributed by atoms with Crippen molar-refractivity contribution in [1.82, 2.24) is 0 Å². The monoisotopic (exact) mass is 197 g/mol. The smallest absolute Gasteiger partial charge is 0.141 e. The second-order valence-corrected chi connectivity index (χ2v) is 3.34. The standard InChI is InChI=1S/C10H9ClFN/c1-7(4-5-13)8-2-3-10(12)9(11)6-8/h2-3,6-7H,4H2,1H3. The van der Waals surface area contributed by atoms with Gasteiger partial charge in [0.2, 0.25) is 0 Å². The Kier molecular flexibility index (Phi) is 3.27. The fourth-order valence-electron chi connectivity index (χ4n) is 1.07. The largest absolute Gasteiger partial charge is 0.205 e. The van der Waals surface area contributed by atoms with Gasteiger partial charge in [0.15, 0.2) is 0 Å². The second-order valence-electron chi connectivity index (χ2n) is 2.94. The molecule has 0 aromatic heterocycles. The highest BCUT2D eigenvalue weighted by Crippen LogP contribution is 2.23. The summed E-state index contributed by atoms with van der Waals surface area (Å²) < 4.78 is 12.8. The summed E-state index contributed by atoms with van der Waals surface area (Å²) >= 11 is 5.60. The van der Waals surface area contributed by atoms with Crippen LogP contribution in [-0.2, 0) is 0 Å². The number of nitriles is 1. The van der Waals surface area contributed by atoms with Crippen LogP contribution >= 0.6 is 11.6 Å². The van der Waals surface area contributed by atoms with Crippen LogP contribution in [0.15, 0.2) is 18.2 Å². The number of hydrogen-bond donors (Lipinski definition) is 0. The van der Waals surface area contributed by atoms with Crippen LogP contribution in [0, 0.1) is 17.1 Å². The average Bonchev–Trinajstić information content (AvgIpc) is 2.10. The molecule has 0 spiro atoms. The van der Waals surface area contributed by atoms with E-state index in [0.717, 1.165) is 5.56 Å². The molecule has 13 heavy (non-hydrogen) atoms. The van der Waals surface area contributed by atoms with Gasteiger partial charge in [0.25, 0.3) is 0 Å². The molecule has 0 heterocycles. The third-order valence-corrected chi connectivity index (χ3v) is 2.20. The molecule has 0 saturated heterocycles. The Morgan fingerprint density at radius 3 is 2.85 bits per heavy atom. The van der Waals surface area contributed by atoms with Gasteiger partial charge in [-0.3, -0.25) is 0 Å². The molecule has 1 nitrogen and oxygen atoms in total. The van der Waals surface area contributed by atoms with Crippen LogP contribution in [0.5, 0.6) is 0 Å². The van der Waals surface area contributed by atoms with Crippen molar-refractivity contribution < 1.29 is 4.39 Å². The predicted molar refractivity (Wildman–Crippen MR) is 50.1 cm³/mol. The van der Waals surface area contributed by atoms with Crippen LogP contribution in [0.25, 0.3) is 0 Å². The van der Waals surface area contributed by atoms with Crippen molar-refractivity contribution in [2.75, 3.05) is 0 Å². The van der Waals surface area contributed by atoms with E-state index in [2.05, 4.69) is 6.07 Å². The first-order chi connectivity index (χ1) is 6.15. The fourth-order valence-corrected chi connectivity index (χ4v) is 1.26. The van der Waals surface area contributed by atoms with Gasteiger partial charge in [0.05, 0.1) is 11.1 Å². The first-order valence-electron chi connectivity index (χ1n) is 3.97. The van der Waals surface area contributed by atoms with E-state index in [4.69, 9.17) is 16.9 Å². The summed E-state index contributed by atoms with van der Waals surface area (Å²) in [6.07, 6.45) is 0.419. The summed E-state index contributed by atoms with van der Waals surface area (Å²) in [6, 6.07) is 6.61. The number of hydrogen-bond acceptors (Lipinski definition) is 1. The van der Waals surface area contributed by atoms with E-state index in [9.17, 15) is 4.39 Å². The van der Waals surface area contributed by atoms with Crippen LogP contribution < -0.4 is 0 Å². The van der Waals surface area contributed by atoms with Gasteiger partial charge in [-0.15, -0.1) is 0 Å². The van der Waals surface area contributed by atoms with Crippen LogP contribution in [0.2, 0.25) is 5.02 Å². The SMILES string of the molecule is CC(CC#N)c1ccc(F)c(Cl)c1. The van der Waals surface area contributed by atoms with Crippen LogP contribution in [0.4, 0.5) is 4.39 Å². The summed E-state index contributed by atoms with van der Waals surface area (Å²) in [5, 5.41) is 8.58. The minimum Gasteiger partial charge on any atom is -0.205 e. The van der Waals surface area contributed by atoms with Crippen LogP contribution in [0.1, 0.15) is 24.8 Å². The van der Waals surface area contributed by atoms with Gasteiger partial charge in [0.1, 0.15) is 5.82 Å². The minimum absolute atomic E-state index is 0.100. The summed E-state index contributed by atoms with van der Waals surface area (Å²) in [7, 11) is 0. The molecule has 0 aliphatic heterocycles. The lowest BCUT2D eigenvalue weighted by Gasteiger charge is -2.07. The summed E-state index contributed by atoms with van der Waals surface area (Å²) in [5.74, 6) is -0.322. The Morgan fingerprint density at radius 1 is 1.62 bits per heavy atom. The minimum atomic E-state index is -0.422. The molecule has 0 bridgehead atoms. The molecule has 68 valence electrons. The summed E-state index contributed by atoms with van der Waals surface area (Å²) in [6.45, 7) is 1.91. The van der Waals surface area contributed by atoms with Crippen molar-refractivity contribution >= 4 is 11.6 Å². The van der Waals surface area contributed by atoms with Crippen molar-refractivity contribution in [3.63, 3.8) is 0 Å². The van der Waals surface area contributed by atoms with Gasteiger partial charge in [-0.2, -0.15) is 5.26 Å². The zero-order valence-electron chi connectivity index (χ0n) is 7.22. The molecular formula is C10H9ClFN. The molecule has 0 fully saturated rings. The van der Waals surface area contributed by atoms with Crippen molar-refractivity contribution in [2.24, 2.45) is 0 Å². The Hall–Kier alpha value is -1.07. The number of nitrogens with zero attached hydrogens (tertiary/aromatic N) is 1. The molecule has 0 amide bonds. The third-order valence-electron chi connectivity index (χ3n) is 1.91. The topological polar surface area (TPSA) is 23.8 Å². The zero-order chi connectivity index (χ0) is 9.84. The lowest BCUT2D eigenvalue weighted by Crippen LogP contribution is -1.92. The van der Waals surface area contributed by atoms with Gasteiger partial charge in [-0.05, 0) is 23.6 Å². The van der Waals surface area contributed by atoms with E-state index < -0.39 is 5.82 Å². The maximum absolute atomic E-state index is 12.8. The molecule has 0 N–H and O–H groups in total. The molecule has 0 saturated carbocycles. The zero-order valence-corrected chi connectivity index (χ0v) is 7.98. The Bertz CT molecular complexity index is 343. The normalized spacial score (nSPS) is 12.2. The Balaban J connectivity index is 2.91. The maximum atomic E-state index is 12.8. The maximum Gasteiger partial charge on any atom is 0.141 e. The molecular weight excluding hydrogens is 189 g/mol. The van der Waals surface area contributed by atoms with Gasteiger partial charge in [-0.1, -0.05) is 24.6 Å². The van der Waals surface area contributed by atoms with E-state index in [1.165, 1.54) is 6.07 Å². The fraction of sp³-hybridized carbons (Fsp3) is 0.300. The van der Waals surface area contributed by atoms with Crippen molar-refractivity contribution in [2.45, 2.75) is 19.3 Å². The van der Waals surface area contributed by atoms with E-state index in [1.54, 1.807) is 12.1 Å². The van der Waals surface area contributed by atoms with Crippen LogP contribution in [0.3, 0.4) is 0 Å². The quantitative estimate of drug-likeness (QED) is 0.712. The van der Waals surface area contributed by atoms with Crippen LogP contribution in [-0.4, -0.2) is 0 Å². The van der Waals surface area contributed by atoms with Gasteiger partial charge >= 0.3 is 0 Å². The number of benzene rings is 1. The molecule has 1 rings (SSSR count). The highest BCUT2D eigenvalue weighted by Gasteiger charge is 2.07. The van der Waals surface area contributed by atoms with Gasteiger partial charge in [-0.25, -0.2) is 4.39 Å². The third kappa shape index (κ3) is 2.43. The van der Waals surface area contributed by atoms with Gasteiger partial charge in [0, 0.05) is 6.42 Å². The molecule has 0 radical (unpaired) electrons. The first kappa shape index (κ1) is 10.0. The number of rotatable bonds is 2. The van der Waals surface area contributed by atoms with Crippen molar-refractivity contribution in [1.29, 1.82) is 5.26 Å². The van der Waals surface area contributed by atoms with E-state index >= 15 is 0 Å².